The maximum absolute atomic E-state index is 12.0. The van der Waals surface area contributed by atoms with Gasteiger partial charge in [-0.05, 0) is 257 Å². The number of hydrogen-bond donors (Lipinski definition) is 0. The summed E-state index contributed by atoms with van der Waals surface area (Å²) in [4.78, 5) is 148. The maximum atomic E-state index is 12.0. The Kier molecular flexibility index (Phi) is 48.1. The molecule has 0 radical (unpaired) electrons. The molecule has 0 aromatic rings. The molecule has 4 saturated carbocycles. The van der Waals surface area contributed by atoms with Crippen molar-refractivity contribution in [3.63, 3.8) is 0 Å². The summed E-state index contributed by atoms with van der Waals surface area (Å²) in [6, 6.07) is 0. The Labute approximate surface area is 647 Å². The van der Waals surface area contributed by atoms with Crippen LogP contribution in [0, 0.1) is 79.3 Å². The number of hydrogen-bond acceptors (Lipinski definition) is 26. The second kappa shape index (κ2) is 49.4. The number of methoxy groups -OCH3 is 7. The van der Waals surface area contributed by atoms with Crippen molar-refractivity contribution < 1.29 is 124 Å². The van der Waals surface area contributed by atoms with Gasteiger partial charge in [0.25, 0.3) is 0 Å². The smallest absolute Gasteiger partial charge is 0.349 e. The van der Waals surface area contributed by atoms with E-state index in [4.69, 9.17) is 42.6 Å². The first kappa shape index (κ1) is 105. The van der Waals surface area contributed by atoms with Gasteiger partial charge in [-0.15, -0.1) is 0 Å². The van der Waals surface area contributed by atoms with E-state index in [-0.39, 0.29) is 95.6 Å². The molecule has 26 heteroatoms. The molecule has 0 spiro atoms. The fraction of sp³-hybridized carbons (Fsp3) is 0.841. The highest BCUT2D eigenvalue weighted by Gasteiger charge is 2.50. The zero-order chi connectivity index (χ0) is 84.7. The second-order valence-electron chi connectivity index (χ2n) is 33.2. The lowest BCUT2D eigenvalue weighted by atomic mass is 9.82. The number of ether oxygens (including phenoxy) is 13. The predicted molar refractivity (Wildman–Crippen MR) is 406 cm³/mol. The molecule has 0 heterocycles. The molecule has 0 amide bonds. The quantitative estimate of drug-likeness (QED) is 0.0518. The number of fused-ring (bicyclic) bond motifs is 2. The molecule has 2 bridgehead atoms. The van der Waals surface area contributed by atoms with Gasteiger partial charge in [0, 0.05) is 0 Å². The van der Waals surface area contributed by atoms with Crippen LogP contribution in [0.1, 0.15) is 282 Å². The maximum Gasteiger partial charge on any atom is 0.349 e. The van der Waals surface area contributed by atoms with E-state index in [2.05, 4.69) is 18.9 Å². The molecule has 4 fully saturated rings. The second-order valence-corrected chi connectivity index (χ2v) is 33.2. The van der Waals surface area contributed by atoms with Gasteiger partial charge in [-0.25, -0.2) is 14.4 Å². The van der Waals surface area contributed by atoms with Crippen molar-refractivity contribution in [2.45, 2.75) is 300 Å². The first-order valence-corrected chi connectivity index (χ1v) is 38.4. The van der Waals surface area contributed by atoms with Crippen LogP contribution in [0.4, 0.5) is 0 Å². The first-order chi connectivity index (χ1) is 49.7. The lowest BCUT2D eigenvalue weighted by Gasteiger charge is -2.30. The van der Waals surface area contributed by atoms with Gasteiger partial charge < -0.3 is 61.6 Å². The molecule has 0 saturated heterocycles. The van der Waals surface area contributed by atoms with Crippen LogP contribution in [0.15, 0.2) is 0 Å². The first-order valence-electron chi connectivity index (χ1n) is 38.4. The average Bonchev–Trinajstić information content (AvgIpc) is 1.63. The standard InChI is InChI=1S/C16H26O4.C15H26O4.C14H24O4.C11H20O4.C10H18O4.C9H16O4.C7H14O2/c1-5-16(2,3)15(18)20-9-12-7-11-6-10(12)8-13(11)14(17)19-4;1-5-15(2,3)14(17)19-10-11-6-8-12(9-7-11)13(16)18-4;1-5-14(2,3)13(16)18-11-8-6-10(7-9-11)12(15)17-4;1-7-10(2,3)8(12)15-11(4,5)9(13)14-6;1-6-10(3,4)9(12)14-7(2)8(11)13-5;1-5-9(2,3)8(11)13-6-7(10)12-4;1-5-7(2,3)6(8)9-4/h10-13H,5-9H2,1-4H3;11-12H,5-10H2,1-4H3;10-11H,5-9H2,1-4H3;7H2,1-6H3;7H,6H2,1-5H3;5-6H2,1-4H3;5H2,1-4H3. The van der Waals surface area contributed by atoms with Crippen LogP contribution in [0.2, 0.25) is 0 Å². The molecule has 108 heavy (non-hydrogen) atoms. The van der Waals surface area contributed by atoms with Gasteiger partial charge in [0.1, 0.15) is 6.10 Å². The van der Waals surface area contributed by atoms with Crippen LogP contribution >= 0.6 is 0 Å². The van der Waals surface area contributed by atoms with Gasteiger partial charge in [-0.2, -0.15) is 0 Å². The van der Waals surface area contributed by atoms with Crippen LogP contribution in [0.5, 0.6) is 0 Å². The summed E-state index contributed by atoms with van der Waals surface area (Å²) < 4.78 is 63.5. The van der Waals surface area contributed by atoms with Crippen LogP contribution in [-0.4, -0.2) is 165 Å². The van der Waals surface area contributed by atoms with Gasteiger partial charge in [0.05, 0.1) is 119 Å². The van der Waals surface area contributed by atoms with E-state index in [0.717, 1.165) is 96.3 Å². The third-order valence-electron chi connectivity index (χ3n) is 21.9. The highest BCUT2D eigenvalue weighted by Crippen LogP contribution is 2.52. The van der Waals surface area contributed by atoms with Gasteiger partial charge in [-0.3, -0.25) is 47.9 Å². The summed E-state index contributed by atoms with van der Waals surface area (Å²) in [5.41, 5.74) is -4.41. The molecule has 4 aliphatic rings. The van der Waals surface area contributed by atoms with Crippen molar-refractivity contribution in [2.24, 2.45) is 79.3 Å². The highest BCUT2D eigenvalue weighted by molar-refractivity contribution is 5.85. The Hall–Kier alpha value is -6.89. The van der Waals surface area contributed by atoms with Crippen LogP contribution in [0.3, 0.4) is 0 Å². The SMILES string of the molecule is CCC(C)(C)C(=O)OC.CCC(C)(C)C(=O)OC(C)(C)C(=O)OC.CCC(C)(C)C(=O)OC(C)C(=O)OC.CCC(C)(C)C(=O)OC1CCC(C(=O)OC)CC1.CCC(C)(C)C(=O)OCC(=O)OC.CCC(C)(C)C(=O)OCC1CC2CC1CC2C(=O)OC.CCC(C)(C)C(=O)OCC1CCC(C(=O)OC)CC1. The molecule has 0 aromatic heterocycles. The van der Waals surface area contributed by atoms with Crippen molar-refractivity contribution in [2.75, 3.05) is 69.6 Å². The van der Waals surface area contributed by atoms with Crippen molar-refractivity contribution in [1.82, 2.24) is 0 Å². The molecule has 0 aliphatic heterocycles. The zero-order valence-electron chi connectivity index (χ0n) is 72.2. The summed E-state index contributed by atoms with van der Waals surface area (Å²) in [6.45, 7) is 44.7. The summed E-state index contributed by atoms with van der Waals surface area (Å²) in [5.74, 6) is -1.75. The Morgan fingerprint density at radius 2 is 0.704 bits per heavy atom. The molecule has 4 rings (SSSR count). The van der Waals surface area contributed by atoms with Crippen molar-refractivity contribution in [1.29, 1.82) is 0 Å². The van der Waals surface area contributed by atoms with E-state index in [0.29, 0.717) is 56.1 Å². The summed E-state index contributed by atoms with van der Waals surface area (Å²) in [5, 5.41) is 0. The minimum absolute atomic E-state index is 0.0239. The zero-order valence-corrected chi connectivity index (χ0v) is 72.2. The van der Waals surface area contributed by atoms with E-state index in [9.17, 15) is 62.3 Å². The Balaban J connectivity index is -0.00000121. The topological polar surface area (TPSA) is 342 Å². The molecule has 5 atom stereocenters. The number of rotatable bonds is 28. The third kappa shape index (κ3) is 37.2. The summed E-state index contributed by atoms with van der Waals surface area (Å²) in [7, 11) is 9.50. The predicted octanol–water partition coefficient (Wildman–Crippen LogP) is 14.6. The molecule has 26 nitrogen and oxygen atoms in total. The van der Waals surface area contributed by atoms with Crippen molar-refractivity contribution in [3.8, 4) is 0 Å². The summed E-state index contributed by atoms with van der Waals surface area (Å²) in [6.07, 6.45) is 13.8. The van der Waals surface area contributed by atoms with Gasteiger partial charge in [-0.1, -0.05) is 48.5 Å². The molecule has 628 valence electrons. The van der Waals surface area contributed by atoms with Gasteiger partial charge in [0.15, 0.2) is 12.7 Å². The average molecular weight is 1550 g/mol. The number of carbonyl (C=O) groups is 13. The van der Waals surface area contributed by atoms with Gasteiger partial charge >= 0.3 is 77.6 Å². The van der Waals surface area contributed by atoms with E-state index in [1.165, 1.54) is 70.5 Å². The fourth-order valence-electron chi connectivity index (χ4n) is 10.3. The fourth-order valence-corrected chi connectivity index (χ4v) is 10.3. The van der Waals surface area contributed by atoms with E-state index >= 15 is 0 Å². The monoisotopic (exact) mass is 1540 g/mol. The van der Waals surface area contributed by atoms with E-state index in [1.807, 2.05) is 104 Å². The Morgan fingerprint density at radius 3 is 1.06 bits per heavy atom. The molecular weight excluding hydrogens is 1400 g/mol. The Bertz CT molecular complexity index is 2810. The van der Waals surface area contributed by atoms with E-state index in [1.54, 1.807) is 41.5 Å². The summed E-state index contributed by atoms with van der Waals surface area (Å²) >= 11 is 0. The lowest BCUT2D eigenvalue weighted by molar-refractivity contribution is -0.182. The number of esters is 13. The molecule has 0 aromatic carbocycles. The van der Waals surface area contributed by atoms with Crippen molar-refractivity contribution >= 4 is 77.6 Å². The van der Waals surface area contributed by atoms with E-state index < -0.39 is 62.1 Å². The normalized spacial score (nSPS) is 19.8. The third-order valence-corrected chi connectivity index (χ3v) is 21.9. The van der Waals surface area contributed by atoms with Crippen LogP contribution in [-0.2, 0) is 124 Å². The van der Waals surface area contributed by atoms with Crippen LogP contribution < -0.4 is 0 Å². The molecule has 5 unspecified atom stereocenters. The van der Waals surface area contributed by atoms with Crippen LogP contribution in [0.25, 0.3) is 0 Å². The van der Waals surface area contributed by atoms with Gasteiger partial charge in [0.2, 0.25) is 5.60 Å². The minimum atomic E-state index is -1.22. The highest BCUT2D eigenvalue weighted by atomic mass is 16.6. The Morgan fingerprint density at radius 1 is 0.343 bits per heavy atom. The van der Waals surface area contributed by atoms with Crippen molar-refractivity contribution in [3.05, 3.63) is 0 Å². The minimum Gasteiger partial charge on any atom is -0.469 e. The molecule has 4 aliphatic carbocycles. The number of carbonyl (C=O) groups excluding carboxylic acids is 13. The lowest BCUT2D eigenvalue weighted by Crippen LogP contribution is -2.41. The molecule has 0 N–H and O–H groups in total. The largest absolute Gasteiger partial charge is 0.469 e. The molecular formula is C82H144O26.